The number of ether oxygens (including phenoxy) is 2. The number of nitrogens with zero attached hydrogens (tertiary/aromatic N) is 2. The second-order valence-electron chi connectivity index (χ2n) is 7.03. The number of allylic oxidation sites excluding steroid dienone is 1. The van der Waals surface area contributed by atoms with Gasteiger partial charge in [-0.25, -0.2) is 0 Å². The third kappa shape index (κ3) is 3.62. The number of hydrogen-bond acceptors (Lipinski definition) is 4. The summed E-state index contributed by atoms with van der Waals surface area (Å²) < 4.78 is 35.5. The number of rotatable bonds is 4. The maximum atomic E-state index is 12.5. The van der Waals surface area contributed by atoms with Crippen molar-refractivity contribution in [2.24, 2.45) is 0 Å². The predicted octanol–water partition coefficient (Wildman–Crippen LogP) is 4.20. The lowest BCUT2D eigenvalue weighted by atomic mass is 9.98. The number of fused-ring (bicyclic) bond motifs is 4. The SMILES string of the molecule is FC(F)Oc1ccc(C2=C(N3CCN4CCC3CC4)OCCC2)cc1Cl. The average Bonchev–Trinajstić information content (AvgIpc) is 2.97. The lowest BCUT2D eigenvalue weighted by Crippen LogP contribution is -2.39. The molecular formula is C19H23ClF2N2O2. The summed E-state index contributed by atoms with van der Waals surface area (Å²) in [6.07, 6.45) is 4.15. The normalized spacial score (nSPS) is 26.1. The molecule has 0 aromatic heterocycles. The fraction of sp³-hybridized carbons (Fsp3) is 0.579. The summed E-state index contributed by atoms with van der Waals surface area (Å²) in [6, 6.07) is 5.53. The third-order valence-electron chi connectivity index (χ3n) is 5.48. The van der Waals surface area contributed by atoms with Crippen molar-refractivity contribution in [1.29, 1.82) is 0 Å². The summed E-state index contributed by atoms with van der Waals surface area (Å²) in [6.45, 7) is 2.15. The summed E-state index contributed by atoms with van der Waals surface area (Å²) in [7, 11) is 0. The molecule has 0 amide bonds. The van der Waals surface area contributed by atoms with Gasteiger partial charge in [-0.05, 0) is 43.4 Å². The van der Waals surface area contributed by atoms with Crippen molar-refractivity contribution in [3.05, 3.63) is 34.7 Å². The van der Waals surface area contributed by atoms with Crippen molar-refractivity contribution in [3.63, 3.8) is 0 Å². The van der Waals surface area contributed by atoms with Crippen molar-refractivity contribution < 1.29 is 18.3 Å². The van der Waals surface area contributed by atoms with Crippen molar-refractivity contribution >= 4 is 17.2 Å². The highest BCUT2D eigenvalue weighted by molar-refractivity contribution is 6.32. The Kier molecular flexibility index (Phi) is 5.23. The maximum Gasteiger partial charge on any atom is 0.387 e. The summed E-state index contributed by atoms with van der Waals surface area (Å²) >= 11 is 6.17. The van der Waals surface area contributed by atoms with Gasteiger partial charge < -0.3 is 19.3 Å². The van der Waals surface area contributed by atoms with Gasteiger partial charge in [-0.15, -0.1) is 0 Å². The zero-order chi connectivity index (χ0) is 18.1. The summed E-state index contributed by atoms with van der Waals surface area (Å²) in [5.41, 5.74) is 2.03. The highest BCUT2D eigenvalue weighted by Crippen LogP contribution is 2.37. The van der Waals surface area contributed by atoms with Crippen molar-refractivity contribution in [2.75, 3.05) is 32.8 Å². The standard InChI is InChI=1S/C19H23ClF2N2O2/c20-16-12-13(3-4-17(16)26-19(21)22)15-2-1-11-25-18(15)24-10-9-23-7-5-14(24)6-8-23/h3-4,12,14,19H,1-2,5-11H2. The largest absolute Gasteiger partial charge is 0.479 e. The fourth-order valence-corrected chi connectivity index (χ4v) is 4.39. The highest BCUT2D eigenvalue weighted by Gasteiger charge is 2.33. The molecule has 4 aliphatic heterocycles. The summed E-state index contributed by atoms with van der Waals surface area (Å²) in [5, 5.41) is 0.197. The minimum Gasteiger partial charge on any atom is -0.479 e. The van der Waals surface area contributed by atoms with E-state index in [4.69, 9.17) is 16.3 Å². The molecule has 26 heavy (non-hydrogen) atoms. The molecule has 1 aromatic rings. The Hall–Kier alpha value is -1.53. The number of piperidine rings is 1. The fourth-order valence-electron chi connectivity index (χ4n) is 4.17. The molecule has 1 aromatic carbocycles. The van der Waals surface area contributed by atoms with Gasteiger partial charge in [0.1, 0.15) is 5.75 Å². The van der Waals surface area contributed by atoms with E-state index in [0.717, 1.165) is 68.9 Å². The average molecular weight is 385 g/mol. The second kappa shape index (κ2) is 7.61. The van der Waals surface area contributed by atoms with E-state index in [2.05, 4.69) is 14.5 Å². The molecule has 3 fully saturated rings. The van der Waals surface area contributed by atoms with Gasteiger partial charge in [0.15, 0.2) is 5.88 Å². The van der Waals surface area contributed by atoms with E-state index in [-0.39, 0.29) is 10.8 Å². The van der Waals surface area contributed by atoms with Crippen LogP contribution in [0, 0.1) is 0 Å². The van der Waals surface area contributed by atoms with Gasteiger partial charge >= 0.3 is 6.61 Å². The van der Waals surface area contributed by atoms with Crippen molar-refractivity contribution in [2.45, 2.75) is 38.3 Å². The number of benzene rings is 1. The molecule has 7 heteroatoms. The molecule has 142 valence electrons. The van der Waals surface area contributed by atoms with E-state index < -0.39 is 6.61 Å². The Morgan fingerprint density at radius 1 is 1.15 bits per heavy atom. The lowest BCUT2D eigenvalue weighted by molar-refractivity contribution is -0.0497. The Bertz CT molecular complexity index is 690. The predicted molar refractivity (Wildman–Crippen MR) is 96.4 cm³/mol. The monoisotopic (exact) mass is 384 g/mol. The highest BCUT2D eigenvalue weighted by atomic mass is 35.5. The van der Waals surface area contributed by atoms with E-state index >= 15 is 0 Å². The topological polar surface area (TPSA) is 24.9 Å². The molecule has 4 nitrogen and oxygen atoms in total. The van der Waals surface area contributed by atoms with E-state index in [1.807, 2.05) is 0 Å². The van der Waals surface area contributed by atoms with Crippen LogP contribution in [0.4, 0.5) is 8.78 Å². The lowest BCUT2D eigenvalue weighted by Gasteiger charge is -2.37. The van der Waals surface area contributed by atoms with E-state index in [0.29, 0.717) is 12.6 Å². The minimum atomic E-state index is -2.88. The number of alkyl halides is 2. The van der Waals surface area contributed by atoms with Gasteiger partial charge in [-0.2, -0.15) is 8.78 Å². The molecule has 5 rings (SSSR count). The molecule has 0 spiro atoms. The van der Waals surface area contributed by atoms with Crippen molar-refractivity contribution in [3.8, 4) is 5.75 Å². The first-order chi connectivity index (χ1) is 12.6. The van der Waals surface area contributed by atoms with Crippen LogP contribution in [-0.4, -0.2) is 55.2 Å². The van der Waals surface area contributed by atoms with Crippen molar-refractivity contribution in [1.82, 2.24) is 9.80 Å². The van der Waals surface area contributed by atoms with Crippen LogP contribution in [0.25, 0.3) is 5.57 Å². The van der Waals surface area contributed by atoms with Gasteiger partial charge in [0.25, 0.3) is 0 Å². The van der Waals surface area contributed by atoms with Crippen LogP contribution in [0.1, 0.15) is 31.2 Å². The van der Waals surface area contributed by atoms with Crippen LogP contribution in [0.15, 0.2) is 24.1 Å². The van der Waals surface area contributed by atoms with E-state index in [9.17, 15) is 8.78 Å². The quantitative estimate of drug-likeness (QED) is 0.776. The zero-order valence-corrected chi connectivity index (χ0v) is 15.4. The van der Waals surface area contributed by atoms with Crippen LogP contribution in [-0.2, 0) is 4.74 Å². The minimum absolute atomic E-state index is 0.00509. The number of halogens is 3. The van der Waals surface area contributed by atoms with Crippen LogP contribution in [0.5, 0.6) is 5.75 Å². The molecule has 0 unspecified atom stereocenters. The Balaban J connectivity index is 1.67. The van der Waals surface area contributed by atoms with E-state index in [1.54, 1.807) is 12.1 Å². The first kappa shape index (κ1) is 17.9. The molecular weight excluding hydrogens is 362 g/mol. The Labute approximate surface area is 157 Å². The molecule has 0 radical (unpaired) electrons. The Morgan fingerprint density at radius 2 is 1.96 bits per heavy atom. The molecule has 0 aliphatic carbocycles. The zero-order valence-electron chi connectivity index (χ0n) is 14.6. The molecule has 0 atom stereocenters. The maximum absolute atomic E-state index is 12.5. The molecule has 2 bridgehead atoms. The van der Waals surface area contributed by atoms with Gasteiger partial charge in [0.05, 0.1) is 11.6 Å². The second-order valence-corrected chi connectivity index (χ2v) is 7.43. The molecule has 0 saturated carbocycles. The molecule has 4 heterocycles. The van der Waals surface area contributed by atoms with Gasteiger partial charge in [-0.1, -0.05) is 17.7 Å². The smallest absolute Gasteiger partial charge is 0.387 e. The van der Waals surface area contributed by atoms with Gasteiger partial charge in [0.2, 0.25) is 0 Å². The summed E-state index contributed by atoms with van der Waals surface area (Å²) in [4.78, 5) is 4.92. The van der Waals surface area contributed by atoms with Gasteiger partial charge in [0, 0.05) is 37.8 Å². The van der Waals surface area contributed by atoms with Crippen LogP contribution >= 0.6 is 11.6 Å². The Morgan fingerprint density at radius 3 is 2.69 bits per heavy atom. The van der Waals surface area contributed by atoms with Crippen LogP contribution in [0.2, 0.25) is 5.02 Å². The molecule has 0 N–H and O–H groups in total. The first-order valence-electron chi connectivity index (χ1n) is 9.21. The number of hydrogen-bond donors (Lipinski definition) is 0. The van der Waals surface area contributed by atoms with Gasteiger partial charge in [-0.3, -0.25) is 0 Å². The summed E-state index contributed by atoms with van der Waals surface area (Å²) in [5.74, 6) is 0.953. The van der Waals surface area contributed by atoms with Crippen LogP contribution in [0.3, 0.4) is 0 Å². The molecule has 3 saturated heterocycles. The molecule has 4 aliphatic rings. The van der Waals surface area contributed by atoms with Crippen LogP contribution < -0.4 is 4.74 Å². The van der Waals surface area contributed by atoms with E-state index in [1.165, 1.54) is 6.07 Å². The first-order valence-corrected chi connectivity index (χ1v) is 9.59. The third-order valence-corrected chi connectivity index (χ3v) is 5.78.